The number of carbonyl (C=O) groups is 1. The van der Waals surface area contributed by atoms with Crippen LogP contribution in [-0.2, 0) is 15.2 Å². The number of nitrogens with two attached hydrogens (primary N) is 1. The minimum Gasteiger partial charge on any atom is -0.460 e. The van der Waals surface area contributed by atoms with Crippen LogP contribution < -0.4 is 5.73 Å². The SMILES string of the molecule is CC(F)(C(=O)OC1CCCCC1)c1ccc(N)cc1. The van der Waals surface area contributed by atoms with Gasteiger partial charge >= 0.3 is 5.97 Å². The fraction of sp³-hybridized carbons (Fsp3) is 0.533. The number of benzene rings is 1. The van der Waals surface area contributed by atoms with E-state index in [-0.39, 0.29) is 11.7 Å². The van der Waals surface area contributed by atoms with Crippen molar-refractivity contribution >= 4 is 11.7 Å². The lowest BCUT2D eigenvalue weighted by molar-refractivity contribution is -0.164. The second kappa shape index (κ2) is 5.59. The van der Waals surface area contributed by atoms with Gasteiger partial charge in [0.25, 0.3) is 0 Å². The predicted molar refractivity (Wildman–Crippen MR) is 72.3 cm³/mol. The molecule has 104 valence electrons. The normalized spacial score (nSPS) is 19.7. The van der Waals surface area contributed by atoms with Gasteiger partial charge in [-0.15, -0.1) is 0 Å². The van der Waals surface area contributed by atoms with Gasteiger partial charge in [0.2, 0.25) is 5.67 Å². The first-order chi connectivity index (χ1) is 9.00. The third-order valence-corrected chi connectivity index (χ3v) is 3.66. The largest absolute Gasteiger partial charge is 0.460 e. The Kier molecular flexibility index (Phi) is 4.08. The number of anilines is 1. The topological polar surface area (TPSA) is 52.3 Å². The Morgan fingerprint density at radius 1 is 1.26 bits per heavy atom. The maximum absolute atomic E-state index is 14.6. The Balaban J connectivity index is 2.05. The molecule has 1 saturated carbocycles. The van der Waals surface area contributed by atoms with Crippen LogP contribution in [0.5, 0.6) is 0 Å². The summed E-state index contributed by atoms with van der Waals surface area (Å²) in [6.45, 7) is 1.24. The first kappa shape index (κ1) is 13.8. The predicted octanol–water partition coefficient (Wildman–Crippen LogP) is 3.33. The molecule has 1 fully saturated rings. The van der Waals surface area contributed by atoms with Gasteiger partial charge < -0.3 is 10.5 Å². The molecule has 4 heteroatoms. The quantitative estimate of drug-likeness (QED) is 0.673. The highest BCUT2D eigenvalue weighted by atomic mass is 19.1. The average molecular weight is 265 g/mol. The standard InChI is InChI=1S/C15H20FNO2/c1-15(16,11-7-9-12(17)10-8-11)14(18)19-13-5-3-2-4-6-13/h7-10,13H,2-6,17H2,1H3. The molecule has 0 radical (unpaired) electrons. The summed E-state index contributed by atoms with van der Waals surface area (Å²) < 4.78 is 19.9. The van der Waals surface area contributed by atoms with Crippen molar-refractivity contribution in [3.63, 3.8) is 0 Å². The third kappa shape index (κ3) is 3.25. The van der Waals surface area contributed by atoms with E-state index in [0.717, 1.165) is 25.7 Å². The number of carbonyl (C=O) groups excluding carboxylic acids is 1. The molecule has 1 unspecified atom stereocenters. The third-order valence-electron chi connectivity index (χ3n) is 3.66. The monoisotopic (exact) mass is 265 g/mol. The van der Waals surface area contributed by atoms with Crippen molar-refractivity contribution in [2.45, 2.75) is 50.8 Å². The fourth-order valence-corrected chi connectivity index (χ4v) is 2.36. The maximum Gasteiger partial charge on any atom is 0.348 e. The van der Waals surface area contributed by atoms with Crippen LogP contribution in [0, 0.1) is 0 Å². The number of alkyl halides is 1. The van der Waals surface area contributed by atoms with Crippen molar-refractivity contribution in [2.24, 2.45) is 0 Å². The van der Waals surface area contributed by atoms with Gasteiger partial charge in [-0.3, -0.25) is 0 Å². The Bertz CT molecular complexity index is 436. The number of hydrogen-bond acceptors (Lipinski definition) is 3. The molecular formula is C15H20FNO2. The van der Waals surface area contributed by atoms with Gasteiger partial charge in [0.05, 0.1) is 0 Å². The summed E-state index contributed by atoms with van der Waals surface area (Å²) in [6, 6.07) is 6.22. The van der Waals surface area contributed by atoms with E-state index in [1.165, 1.54) is 25.5 Å². The molecule has 3 nitrogen and oxygen atoms in total. The number of esters is 1. The zero-order valence-corrected chi connectivity index (χ0v) is 11.2. The number of halogens is 1. The van der Waals surface area contributed by atoms with Crippen LogP contribution in [0.2, 0.25) is 0 Å². The molecule has 1 aromatic carbocycles. The van der Waals surface area contributed by atoms with E-state index in [4.69, 9.17) is 10.5 Å². The minimum absolute atomic E-state index is 0.134. The summed E-state index contributed by atoms with van der Waals surface area (Å²) in [5, 5.41) is 0. The summed E-state index contributed by atoms with van der Waals surface area (Å²) in [5.41, 5.74) is 4.26. The lowest BCUT2D eigenvalue weighted by Crippen LogP contribution is -2.33. The van der Waals surface area contributed by atoms with Gasteiger partial charge in [-0.1, -0.05) is 18.6 Å². The summed E-state index contributed by atoms with van der Waals surface area (Å²) >= 11 is 0. The second-order valence-electron chi connectivity index (χ2n) is 5.29. The molecule has 1 atom stereocenters. The molecule has 2 rings (SSSR count). The van der Waals surface area contributed by atoms with Gasteiger partial charge in [0.15, 0.2) is 0 Å². The average Bonchev–Trinajstić information content (AvgIpc) is 2.40. The van der Waals surface area contributed by atoms with Gasteiger partial charge in [-0.2, -0.15) is 0 Å². The molecule has 0 saturated heterocycles. The molecule has 0 amide bonds. The minimum atomic E-state index is -2.12. The molecule has 0 spiro atoms. The lowest BCUT2D eigenvalue weighted by Gasteiger charge is -2.26. The highest BCUT2D eigenvalue weighted by molar-refractivity contribution is 5.81. The van der Waals surface area contributed by atoms with E-state index in [9.17, 15) is 9.18 Å². The Labute approximate surface area is 112 Å². The van der Waals surface area contributed by atoms with E-state index < -0.39 is 11.6 Å². The van der Waals surface area contributed by atoms with Crippen LogP contribution in [0.15, 0.2) is 24.3 Å². The van der Waals surface area contributed by atoms with Crippen molar-refractivity contribution in [1.29, 1.82) is 0 Å². The van der Waals surface area contributed by atoms with Crippen molar-refractivity contribution < 1.29 is 13.9 Å². The van der Waals surface area contributed by atoms with Crippen LogP contribution >= 0.6 is 0 Å². The molecule has 0 aliphatic heterocycles. The number of ether oxygens (including phenoxy) is 1. The van der Waals surface area contributed by atoms with Gasteiger partial charge in [0, 0.05) is 11.3 Å². The van der Waals surface area contributed by atoms with Crippen molar-refractivity contribution in [2.75, 3.05) is 5.73 Å². The van der Waals surface area contributed by atoms with Crippen LogP contribution in [-0.4, -0.2) is 12.1 Å². The number of hydrogen-bond donors (Lipinski definition) is 1. The summed E-state index contributed by atoms with van der Waals surface area (Å²) in [6.07, 6.45) is 4.79. The van der Waals surface area contributed by atoms with Crippen molar-refractivity contribution in [3.05, 3.63) is 29.8 Å². The Morgan fingerprint density at radius 3 is 2.42 bits per heavy atom. The van der Waals surface area contributed by atoms with Crippen molar-refractivity contribution in [3.8, 4) is 0 Å². The maximum atomic E-state index is 14.6. The highest BCUT2D eigenvalue weighted by Gasteiger charge is 2.38. The number of rotatable bonds is 3. The molecule has 1 aliphatic carbocycles. The van der Waals surface area contributed by atoms with Crippen LogP contribution in [0.4, 0.5) is 10.1 Å². The van der Waals surface area contributed by atoms with E-state index >= 15 is 0 Å². The molecule has 2 N–H and O–H groups in total. The Hall–Kier alpha value is -1.58. The molecule has 19 heavy (non-hydrogen) atoms. The van der Waals surface area contributed by atoms with E-state index in [2.05, 4.69) is 0 Å². The molecular weight excluding hydrogens is 245 g/mol. The molecule has 0 aromatic heterocycles. The number of nitrogen functional groups attached to an aromatic ring is 1. The zero-order chi connectivity index (χ0) is 13.9. The fourth-order valence-electron chi connectivity index (χ4n) is 2.36. The first-order valence-electron chi connectivity index (χ1n) is 6.76. The summed E-state index contributed by atoms with van der Waals surface area (Å²) in [4.78, 5) is 12.0. The summed E-state index contributed by atoms with van der Waals surface area (Å²) in [5.74, 6) is -0.802. The van der Waals surface area contributed by atoms with Crippen LogP contribution in [0.25, 0.3) is 0 Å². The van der Waals surface area contributed by atoms with Crippen LogP contribution in [0.1, 0.15) is 44.6 Å². The zero-order valence-electron chi connectivity index (χ0n) is 11.2. The van der Waals surface area contributed by atoms with Crippen molar-refractivity contribution in [1.82, 2.24) is 0 Å². The second-order valence-corrected chi connectivity index (χ2v) is 5.29. The molecule has 0 bridgehead atoms. The first-order valence-corrected chi connectivity index (χ1v) is 6.76. The van der Waals surface area contributed by atoms with Crippen LogP contribution in [0.3, 0.4) is 0 Å². The lowest BCUT2D eigenvalue weighted by atomic mass is 9.96. The van der Waals surface area contributed by atoms with Gasteiger partial charge in [0.1, 0.15) is 6.10 Å². The summed E-state index contributed by atoms with van der Waals surface area (Å²) in [7, 11) is 0. The van der Waals surface area contributed by atoms with E-state index in [1.54, 1.807) is 12.1 Å². The highest BCUT2D eigenvalue weighted by Crippen LogP contribution is 2.30. The molecule has 0 heterocycles. The molecule has 1 aromatic rings. The smallest absolute Gasteiger partial charge is 0.348 e. The van der Waals surface area contributed by atoms with E-state index in [0.29, 0.717) is 5.69 Å². The molecule has 1 aliphatic rings. The Morgan fingerprint density at radius 2 is 1.84 bits per heavy atom. The van der Waals surface area contributed by atoms with Gasteiger partial charge in [-0.25, -0.2) is 9.18 Å². The van der Waals surface area contributed by atoms with E-state index in [1.807, 2.05) is 0 Å². The van der Waals surface area contributed by atoms with Gasteiger partial charge in [-0.05, 0) is 44.7 Å².